The molecule has 21 heavy (non-hydrogen) atoms. The lowest BCUT2D eigenvalue weighted by Gasteiger charge is -2.09. The first-order valence-electron chi connectivity index (χ1n) is 5.88. The molecule has 0 heterocycles. The normalized spacial score (nSPS) is 10.2. The molecule has 0 unspecified atom stereocenters. The quantitative estimate of drug-likeness (QED) is 0.814. The van der Waals surface area contributed by atoms with Crippen molar-refractivity contribution >= 4 is 52.1 Å². The molecule has 0 bridgehead atoms. The fourth-order valence-corrected chi connectivity index (χ4v) is 2.06. The van der Waals surface area contributed by atoms with Gasteiger partial charge in [-0.3, -0.25) is 4.79 Å². The molecule has 0 fully saturated rings. The predicted molar refractivity (Wildman–Crippen MR) is 86.5 cm³/mol. The lowest BCUT2D eigenvalue weighted by atomic mass is 10.3. The van der Waals surface area contributed by atoms with Gasteiger partial charge in [0.2, 0.25) is 0 Å². The van der Waals surface area contributed by atoms with Gasteiger partial charge in [0.05, 0.1) is 20.8 Å². The van der Waals surface area contributed by atoms with Crippen LogP contribution in [0.1, 0.15) is 0 Å². The third kappa shape index (κ3) is 4.43. The average Bonchev–Trinajstić information content (AvgIpc) is 2.43. The van der Waals surface area contributed by atoms with Crippen LogP contribution in [0.2, 0.25) is 15.1 Å². The zero-order valence-electron chi connectivity index (χ0n) is 10.7. The van der Waals surface area contributed by atoms with Crippen molar-refractivity contribution in [1.29, 1.82) is 0 Å². The highest BCUT2D eigenvalue weighted by molar-refractivity contribution is 6.42. The van der Waals surface area contributed by atoms with Gasteiger partial charge in [0.25, 0.3) is 5.91 Å². The van der Waals surface area contributed by atoms with Crippen molar-refractivity contribution in [2.75, 3.05) is 17.7 Å². The molecule has 0 aromatic heterocycles. The van der Waals surface area contributed by atoms with Crippen LogP contribution in [0, 0.1) is 0 Å². The van der Waals surface area contributed by atoms with Gasteiger partial charge in [-0.25, -0.2) is 0 Å². The molecule has 3 N–H and O–H groups in total. The molecule has 2 aromatic carbocycles. The van der Waals surface area contributed by atoms with E-state index in [-0.39, 0.29) is 12.5 Å². The molecule has 110 valence electrons. The molecule has 4 nitrogen and oxygen atoms in total. The van der Waals surface area contributed by atoms with Crippen molar-refractivity contribution in [2.45, 2.75) is 0 Å². The third-order valence-corrected chi connectivity index (χ3v) is 3.58. The van der Waals surface area contributed by atoms with Gasteiger partial charge in [0.1, 0.15) is 5.75 Å². The number of halogens is 3. The summed E-state index contributed by atoms with van der Waals surface area (Å²) in [4.78, 5) is 11.8. The van der Waals surface area contributed by atoms with E-state index in [1.165, 1.54) is 6.07 Å². The van der Waals surface area contributed by atoms with E-state index >= 15 is 0 Å². The van der Waals surface area contributed by atoms with Gasteiger partial charge in [0.15, 0.2) is 6.61 Å². The van der Waals surface area contributed by atoms with Crippen LogP contribution >= 0.6 is 34.8 Å². The monoisotopic (exact) mass is 344 g/mol. The van der Waals surface area contributed by atoms with Crippen molar-refractivity contribution < 1.29 is 9.53 Å². The Balaban J connectivity index is 1.94. The molecule has 0 saturated carbocycles. The number of hydrogen-bond acceptors (Lipinski definition) is 3. The maximum Gasteiger partial charge on any atom is 0.262 e. The van der Waals surface area contributed by atoms with E-state index in [4.69, 9.17) is 45.3 Å². The third-order valence-electron chi connectivity index (χ3n) is 2.53. The van der Waals surface area contributed by atoms with E-state index in [0.717, 1.165) is 0 Å². The number of rotatable bonds is 4. The summed E-state index contributed by atoms with van der Waals surface area (Å²) in [5.74, 6) is 0.0932. The van der Waals surface area contributed by atoms with Gasteiger partial charge in [-0.1, -0.05) is 34.8 Å². The second-order valence-electron chi connectivity index (χ2n) is 4.15. The van der Waals surface area contributed by atoms with Crippen molar-refractivity contribution in [3.8, 4) is 5.75 Å². The SMILES string of the molecule is Nc1ccc(NC(=O)COc2ccc(Cl)c(Cl)c2)c(Cl)c1. The molecular formula is C14H11Cl3N2O2. The zero-order valence-corrected chi connectivity index (χ0v) is 13.0. The van der Waals surface area contributed by atoms with E-state index in [1.54, 1.807) is 30.3 Å². The van der Waals surface area contributed by atoms with Crippen LogP contribution in [0.15, 0.2) is 36.4 Å². The largest absolute Gasteiger partial charge is 0.484 e. The Kier molecular flexibility index (Phi) is 5.17. The summed E-state index contributed by atoms with van der Waals surface area (Å²) < 4.78 is 5.32. The molecule has 1 amide bonds. The summed E-state index contributed by atoms with van der Waals surface area (Å²) in [6.45, 7) is -0.182. The van der Waals surface area contributed by atoms with E-state index in [1.807, 2.05) is 0 Å². The van der Waals surface area contributed by atoms with Crippen LogP contribution in [0.3, 0.4) is 0 Å². The molecule has 2 rings (SSSR count). The number of amides is 1. The molecule has 0 saturated heterocycles. The van der Waals surface area contributed by atoms with Crippen molar-refractivity contribution in [2.24, 2.45) is 0 Å². The Morgan fingerprint density at radius 3 is 2.48 bits per heavy atom. The van der Waals surface area contributed by atoms with Crippen LogP contribution in [0.25, 0.3) is 0 Å². The molecule has 7 heteroatoms. The molecular weight excluding hydrogens is 335 g/mol. The van der Waals surface area contributed by atoms with Crippen molar-refractivity contribution in [1.82, 2.24) is 0 Å². The Morgan fingerprint density at radius 2 is 1.81 bits per heavy atom. The summed E-state index contributed by atoms with van der Waals surface area (Å²) in [5, 5.41) is 3.76. The standard InChI is InChI=1S/C14H11Cl3N2O2/c15-10-3-2-9(6-11(10)16)21-7-14(20)19-13-4-1-8(18)5-12(13)17/h1-6H,7,18H2,(H,19,20). The van der Waals surface area contributed by atoms with Gasteiger partial charge in [-0.15, -0.1) is 0 Å². The number of benzene rings is 2. The minimum absolute atomic E-state index is 0.182. The van der Waals surface area contributed by atoms with E-state index in [2.05, 4.69) is 5.32 Å². The average molecular weight is 346 g/mol. The van der Waals surface area contributed by atoms with Gasteiger partial charge >= 0.3 is 0 Å². The first-order chi connectivity index (χ1) is 9.95. The minimum atomic E-state index is -0.354. The number of carbonyl (C=O) groups excluding carboxylic acids is 1. The Hall–Kier alpha value is -1.62. The van der Waals surface area contributed by atoms with Crippen LogP contribution in [0.4, 0.5) is 11.4 Å². The zero-order chi connectivity index (χ0) is 15.4. The number of carbonyl (C=O) groups is 1. The van der Waals surface area contributed by atoms with Crippen LogP contribution in [-0.2, 0) is 4.79 Å². The highest BCUT2D eigenvalue weighted by atomic mass is 35.5. The lowest BCUT2D eigenvalue weighted by Crippen LogP contribution is -2.20. The van der Waals surface area contributed by atoms with Crippen molar-refractivity contribution in [3.05, 3.63) is 51.5 Å². The second kappa shape index (κ2) is 6.89. The molecule has 0 aliphatic heterocycles. The maximum absolute atomic E-state index is 11.8. The van der Waals surface area contributed by atoms with Crippen molar-refractivity contribution in [3.63, 3.8) is 0 Å². The summed E-state index contributed by atoms with van der Waals surface area (Å²) in [6.07, 6.45) is 0. The lowest BCUT2D eigenvalue weighted by molar-refractivity contribution is -0.118. The predicted octanol–water partition coefficient (Wildman–Crippen LogP) is 4.25. The summed E-state index contributed by atoms with van der Waals surface area (Å²) in [7, 11) is 0. The summed E-state index contributed by atoms with van der Waals surface area (Å²) >= 11 is 17.6. The number of anilines is 2. The number of nitrogens with one attached hydrogen (secondary N) is 1. The number of ether oxygens (including phenoxy) is 1. The van der Waals surface area contributed by atoms with Gasteiger partial charge in [-0.2, -0.15) is 0 Å². The highest BCUT2D eigenvalue weighted by Gasteiger charge is 2.08. The maximum atomic E-state index is 11.8. The molecule has 2 aromatic rings. The Bertz CT molecular complexity index is 677. The van der Waals surface area contributed by atoms with Gasteiger partial charge < -0.3 is 15.8 Å². The van der Waals surface area contributed by atoms with E-state index < -0.39 is 0 Å². The van der Waals surface area contributed by atoms with E-state index in [9.17, 15) is 4.79 Å². The number of nitrogens with two attached hydrogens (primary N) is 1. The summed E-state index contributed by atoms with van der Waals surface area (Å²) in [6, 6.07) is 9.56. The fraction of sp³-hybridized carbons (Fsp3) is 0.0714. The van der Waals surface area contributed by atoms with Gasteiger partial charge in [0, 0.05) is 11.8 Å². The van der Waals surface area contributed by atoms with Crippen LogP contribution in [-0.4, -0.2) is 12.5 Å². The first-order valence-corrected chi connectivity index (χ1v) is 7.02. The molecule has 0 atom stereocenters. The smallest absolute Gasteiger partial charge is 0.262 e. The molecule has 0 aliphatic carbocycles. The van der Waals surface area contributed by atoms with Crippen LogP contribution in [0.5, 0.6) is 5.75 Å². The Labute approximate surface area is 136 Å². The topological polar surface area (TPSA) is 64.3 Å². The fourth-order valence-electron chi connectivity index (χ4n) is 1.53. The van der Waals surface area contributed by atoms with Gasteiger partial charge in [-0.05, 0) is 30.3 Å². The summed E-state index contributed by atoms with van der Waals surface area (Å²) in [5.41, 5.74) is 6.56. The number of hydrogen-bond donors (Lipinski definition) is 2. The Morgan fingerprint density at radius 1 is 1.05 bits per heavy atom. The van der Waals surface area contributed by atoms with E-state index in [0.29, 0.717) is 32.2 Å². The second-order valence-corrected chi connectivity index (χ2v) is 5.37. The highest BCUT2D eigenvalue weighted by Crippen LogP contribution is 2.26. The number of nitrogen functional groups attached to an aromatic ring is 1. The molecule has 0 spiro atoms. The first kappa shape index (κ1) is 15.8. The van der Waals surface area contributed by atoms with Crippen LogP contribution < -0.4 is 15.8 Å². The molecule has 0 aliphatic rings. The minimum Gasteiger partial charge on any atom is -0.484 e. The molecule has 0 radical (unpaired) electrons.